The summed E-state index contributed by atoms with van der Waals surface area (Å²) in [5.41, 5.74) is 1.52. The van der Waals surface area contributed by atoms with Crippen LogP contribution < -0.4 is 0 Å². The normalized spacial score (nSPS) is 15.5. The van der Waals surface area contributed by atoms with Gasteiger partial charge >= 0.3 is 0 Å². The first-order chi connectivity index (χ1) is 10.3. The molecule has 0 bridgehead atoms. The van der Waals surface area contributed by atoms with Gasteiger partial charge in [-0.2, -0.15) is 0 Å². The van der Waals surface area contributed by atoms with Crippen LogP contribution in [0.1, 0.15) is 17.4 Å². The van der Waals surface area contributed by atoms with Gasteiger partial charge in [-0.3, -0.25) is 0 Å². The zero-order chi connectivity index (χ0) is 14.7. The van der Waals surface area contributed by atoms with Gasteiger partial charge in [0.15, 0.2) is 6.29 Å². The Kier molecular flexibility index (Phi) is 4.55. The van der Waals surface area contributed by atoms with Crippen molar-refractivity contribution >= 4 is 11.8 Å². The van der Waals surface area contributed by atoms with E-state index in [1.54, 1.807) is 6.07 Å². The monoisotopic (exact) mass is 306 g/mol. The van der Waals surface area contributed by atoms with Crippen LogP contribution in [-0.2, 0) is 16.1 Å². The van der Waals surface area contributed by atoms with E-state index in [9.17, 15) is 9.50 Å². The summed E-state index contributed by atoms with van der Waals surface area (Å²) in [5, 5.41) is 9.40. The molecule has 0 aromatic heterocycles. The lowest BCUT2D eigenvalue weighted by Crippen LogP contribution is -2.01. The number of aliphatic hydroxyl groups is 1. The van der Waals surface area contributed by atoms with Gasteiger partial charge in [-0.25, -0.2) is 4.39 Å². The Labute approximate surface area is 126 Å². The fourth-order valence-electron chi connectivity index (χ4n) is 2.19. The van der Waals surface area contributed by atoms with E-state index in [1.165, 1.54) is 23.9 Å². The van der Waals surface area contributed by atoms with Gasteiger partial charge in [-0.15, -0.1) is 0 Å². The molecular formula is C16H15FO3S. The molecule has 0 aliphatic carbocycles. The summed E-state index contributed by atoms with van der Waals surface area (Å²) in [7, 11) is 0. The highest BCUT2D eigenvalue weighted by Crippen LogP contribution is 2.38. The highest BCUT2D eigenvalue weighted by Gasteiger charge is 2.22. The number of halogens is 1. The lowest BCUT2D eigenvalue weighted by Gasteiger charge is -2.15. The van der Waals surface area contributed by atoms with Gasteiger partial charge in [0.25, 0.3) is 0 Å². The zero-order valence-electron chi connectivity index (χ0n) is 11.3. The Balaban J connectivity index is 1.94. The summed E-state index contributed by atoms with van der Waals surface area (Å²) in [4.78, 5) is 1.80. The lowest BCUT2D eigenvalue weighted by atomic mass is 10.2. The van der Waals surface area contributed by atoms with E-state index in [4.69, 9.17) is 9.47 Å². The molecule has 1 aliphatic rings. The predicted octanol–water partition coefficient (Wildman–Crippen LogP) is 3.51. The molecule has 1 aliphatic heterocycles. The van der Waals surface area contributed by atoms with Crippen LogP contribution in [0.2, 0.25) is 0 Å². The summed E-state index contributed by atoms with van der Waals surface area (Å²) >= 11 is 1.47. The molecule has 2 aromatic rings. The molecule has 2 aromatic carbocycles. The first-order valence-electron chi connectivity index (χ1n) is 6.67. The minimum Gasteiger partial charge on any atom is -0.392 e. The van der Waals surface area contributed by atoms with Crippen molar-refractivity contribution in [3.63, 3.8) is 0 Å². The Hall–Kier alpha value is -1.40. The second-order valence-electron chi connectivity index (χ2n) is 4.62. The van der Waals surface area contributed by atoms with Gasteiger partial charge in [0.1, 0.15) is 5.82 Å². The number of rotatable bonds is 4. The molecule has 3 nitrogen and oxygen atoms in total. The largest absolute Gasteiger partial charge is 0.392 e. The molecule has 0 radical (unpaired) electrons. The van der Waals surface area contributed by atoms with Crippen LogP contribution in [0.25, 0.3) is 0 Å². The summed E-state index contributed by atoms with van der Waals surface area (Å²) in [6.45, 7) is 0.993. The molecule has 0 unspecified atom stereocenters. The van der Waals surface area contributed by atoms with Crippen LogP contribution >= 0.6 is 11.8 Å². The number of hydrogen-bond acceptors (Lipinski definition) is 4. The minimum atomic E-state index is -0.524. The van der Waals surface area contributed by atoms with Crippen LogP contribution in [0, 0.1) is 5.82 Å². The van der Waals surface area contributed by atoms with Gasteiger partial charge in [0.2, 0.25) is 0 Å². The van der Waals surface area contributed by atoms with E-state index in [2.05, 4.69) is 0 Å². The van der Waals surface area contributed by atoms with Crippen molar-refractivity contribution in [2.75, 3.05) is 13.2 Å². The fraction of sp³-hybridized carbons (Fsp3) is 0.250. The average molecular weight is 306 g/mol. The summed E-state index contributed by atoms with van der Waals surface area (Å²) < 4.78 is 24.5. The average Bonchev–Trinajstić information content (AvgIpc) is 3.04. The van der Waals surface area contributed by atoms with Crippen LogP contribution in [0.3, 0.4) is 0 Å². The van der Waals surface area contributed by atoms with Gasteiger partial charge in [0.05, 0.1) is 19.8 Å². The molecule has 0 saturated carbocycles. The van der Waals surface area contributed by atoms with E-state index < -0.39 is 6.29 Å². The van der Waals surface area contributed by atoms with Gasteiger partial charge in [0, 0.05) is 15.4 Å². The third-order valence-electron chi connectivity index (χ3n) is 3.21. The van der Waals surface area contributed by atoms with E-state index >= 15 is 0 Å². The summed E-state index contributed by atoms with van der Waals surface area (Å²) in [6, 6.07) is 12.2. The molecule has 1 saturated heterocycles. The first-order valence-corrected chi connectivity index (χ1v) is 7.49. The molecule has 1 fully saturated rings. The molecule has 0 atom stereocenters. The zero-order valence-corrected chi connectivity index (χ0v) is 12.1. The third-order valence-corrected chi connectivity index (χ3v) is 4.42. The number of ether oxygens (including phenoxy) is 2. The van der Waals surface area contributed by atoms with Crippen LogP contribution in [-0.4, -0.2) is 18.3 Å². The third kappa shape index (κ3) is 3.27. The second kappa shape index (κ2) is 6.58. The van der Waals surface area contributed by atoms with Crippen LogP contribution in [0.4, 0.5) is 4.39 Å². The Morgan fingerprint density at radius 3 is 2.62 bits per heavy atom. The smallest absolute Gasteiger partial charge is 0.185 e. The highest BCUT2D eigenvalue weighted by atomic mass is 32.2. The Morgan fingerprint density at radius 1 is 1.10 bits per heavy atom. The van der Waals surface area contributed by atoms with Gasteiger partial charge in [-0.05, 0) is 29.8 Å². The summed E-state index contributed by atoms with van der Waals surface area (Å²) in [5.74, 6) is -0.316. The van der Waals surface area contributed by atoms with Crippen molar-refractivity contribution in [2.24, 2.45) is 0 Å². The Morgan fingerprint density at radius 2 is 1.86 bits per heavy atom. The van der Waals surface area contributed by atoms with Crippen molar-refractivity contribution in [3.05, 3.63) is 59.4 Å². The molecule has 5 heteroatoms. The maximum atomic E-state index is 13.5. The number of hydrogen-bond donors (Lipinski definition) is 1. The second-order valence-corrected chi connectivity index (χ2v) is 5.71. The molecular weight excluding hydrogens is 291 g/mol. The van der Waals surface area contributed by atoms with Crippen molar-refractivity contribution in [1.29, 1.82) is 0 Å². The SMILES string of the molecule is OCc1ccccc1Sc1ccc(F)cc1C1OCCO1. The van der Waals surface area contributed by atoms with Crippen molar-refractivity contribution in [3.8, 4) is 0 Å². The molecule has 3 rings (SSSR count). The van der Waals surface area contributed by atoms with Gasteiger partial charge in [-0.1, -0.05) is 30.0 Å². The Bertz CT molecular complexity index is 627. The molecule has 0 amide bonds. The maximum Gasteiger partial charge on any atom is 0.185 e. The van der Waals surface area contributed by atoms with Crippen molar-refractivity contribution in [1.82, 2.24) is 0 Å². The van der Waals surface area contributed by atoms with Crippen molar-refractivity contribution in [2.45, 2.75) is 22.7 Å². The standard InChI is InChI=1S/C16H15FO3S/c17-12-5-6-15(13(9-12)16-19-7-8-20-16)21-14-4-2-1-3-11(14)10-18/h1-6,9,16,18H,7-8,10H2. The lowest BCUT2D eigenvalue weighted by molar-refractivity contribution is -0.0462. The molecule has 0 spiro atoms. The molecule has 1 heterocycles. The summed E-state index contributed by atoms with van der Waals surface area (Å²) in [6.07, 6.45) is -0.524. The van der Waals surface area contributed by atoms with Crippen LogP contribution in [0.15, 0.2) is 52.3 Å². The quantitative estimate of drug-likeness (QED) is 0.938. The van der Waals surface area contributed by atoms with E-state index in [0.29, 0.717) is 18.8 Å². The van der Waals surface area contributed by atoms with E-state index in [0.717, 1.165) is 15.4 Å². The molecule has 21 heavy (non-hydrogen) atoms. The number of benzene rings is 2. The van der Waals surface area contributed by atoms with Crippen LogP contribution in [0.5, 0.6) is 0 Å². The van der Waals surface area contributed by atoms with E-state index in [1.807, 2.05) is 24.3 Å². The molecule has 1 N–H and O–H groups in total. The minimum absolute atomic E-state index is 0.0316. The molecule has 110 valence electrons. The van der Waals surface area contributed by atoms with Crippen molar-refractivity contribution < 1.29 is 19.0 Å². The fourth-order valence-corrected chi connectivity index (χ4v) is 3.24. The predicted molar refractivity (Wildman–Crippen MR) is 77.5 cm³/mol. The first kappa shape index (κ1) is 14.5. The maximum absolute atomic E-state index is 13.5. The number of aliphatic hydroxyl groups excluding tert-OH is 1. The topological polar surface area (TPSA) is 38.7 Å². The van der Waals surface area contributed by atoms with E-state index in [-0.39, 0.29) is 12.4 Å². The van der Waals surface area contributed by atoms with Gasteiger partial charge < -0.3 is 14.6 Å². The highest BCUT2D eigenvalue weighted by molar-refractivity contribution is 7.99.